The molecule has 1 aromatic heterocycles. The number of likely N-dealkylation sites (tertiary alicyclic amines) is 1. The molecule has 1 aromatic carbocycles. The molecule has 1 atom stereocenters. The largest absolute Gasteiger partial charge is 0.497 e. The van der Waals surface area contributed by atoms with Crippen LogP contribution in [0.1, 0.15) is 62.5 Å². The summed E-state index contributed by atoms with van der Waals surface area (Å²) in [5.41, 5.74) is 1.40. The summed E-state index contributed by atoms with van der Waals surface area (Å²) in [5.74, 6) is 2.76. The molecule has 0 unspecified atom stereocenters. The molecule has 1 aliphatic carbocycles. The van der Waals surface area contributed by atoms with Gasteiger partial charge in [0.05, 0.1) is 12.5 Å². The minimum atomic E-state index is -0.423. The lowest BCUT2D eigenvalue weighted by Crippen LogP contribution is -2.53. The monoisotopic (exact) mass is 422 g/mol. The molecule has 1 saturated carbocycles. The number of carbonyl (C=O) groups excluding carboxylic acids is 1. The molecule has 2 fully saturated rings. The van der Waals surface area contributed by atoms with Gasteiger partial charge in [-0.2, -0.15) is 0 Å². The Morgan fingerprint density at radius 2 is 1.81 bits per heavy atom. The number of carbonyl (C=O) groups is 1. The molecule has 1 saturated heterocycles. The van der Waals surface area contributed by atoms with Gasteiger partial charge in [0.1, 0.15) is 17.4 Å². The Balaban J connectivity index is 1.63. The minimum absolute atomic E-state index is 0.245. The van der Waals surface area contributed by atoms with Crippen LogP contribution in [0.3, 0.4) is 0 Å². The molecular weight excluding hydrogens is 388 g/mol. The molecule has 31 heavy (non-hydrogen) atoms. The van der Waals surface area contributed by atoms with Gasteiger partial charge < -0.3 is 15.0 Å². The van der Waals surface area contributed by atoms with Crippen molar-refractivity contribution in [3.05, 3.63) is 47.4 Å². The number of amides is 1. The molecule has 0 bridgehead atoms. The fraction of sp³-hybridized carbons (Fsp3) is 0.560. The molecular formula is C25H34N4O2. The third kappa shape index (κ3) is 4.00. The maximum atomic E-state index is 14.0. The lowest BCUT2D eigenvalue weighted by Gasteiger charge is -2.43. The molecule has 1 N–H and O–H groups in total. The van der Waals surface area contributed by atoms with E-state index < -0.39 is 5.41 Å². The average molecular weight is 423 g/mol. The van der Waals surface area contributed by atoms with Crippen molar-refractivity contribution in [2.75, 3.05) is 32.6 Å². The fourth-order valence-corrected chi connectivity index (χ4v) is 5.38. The Labute approximate surface area is 185 Å². The maximum absolute atomic E-state index is 14.0. The topological polar surface area (TPSA) is 67.4 Å². The van der Waals surface area contributed by atoms with Crippen molar-refractivity contribution >= 4 is 11.7 Å². The number of aromatic nitrogens is 2. The molecule has 1 aliphatic heterocycles. The Morgan fingerprint density at radius 1 is 1.10 bits per heavy atom. The summed E-state index contributed by atoms with van der Waals surface area (Å²) in [4.78, 5) is 25.6. The number of piperidine rings is 1. The summed E-state index contributed by atoms with van der Waals surface area (Å²) in [6.07, 6.45) is 5.96. The number of hydrogen-bond acceptors (Lipinski definition) is 5. The van der Waals surface area contributed by atoms with Gasteiger partial charge in [-0.15, -0.1) is 0 Å². The molecule has 2 aliphatic rings. The van der Waals surface area contributed by atoms with E-state index in [9.17, 15) is 4.79 Å². The average Bonchev–Trinajstić information content (AvgIpc) is 3.29. The summed E-state index contributed by atoms with van der Waals surface area (Å²) < 4.78 is 5.33. The number of rotatable bonds is 5. The van der Waals surface area contributed by atoms with Crippen LogP contribution in [-0.2, 0) is 15.6 Å². The number of aryl methyl sites for hydroxylation is 1. The Kier molecular flexibility index (Phi) is 5.91. The zero-order valence-corrected chi connectivity index (χ0v) is 19.2. The van der Waals surface area contributed by atoms with Gasteiger partial charge in [0.15, 0.2) is 0 Å². The Bertz CT molecular complexity index is 937. The first-order chi connectivity index (χ1) is 14.9. The smallest absolute Gasteiger partial charge is 0.233 e. The van der Waals surface area contributed by atoms with Crippen LogP contribution in [0, 0.1) is 6.92 Å². The summed E-state index contributed by atoms with van der Waals surface area (Å²) in [5, 5.41) is 3.14. The van der Waals surface area contributed by atoms with Crippen LogP contribution in [0.15, 0.2) is 30.3 Å². The predicted octanol–water partition coefficient (Wildman–Crippen LogP) is 4.23. The highest BCUT2D eigenvalue weighted by Crippen LogP contribution is 2.44. The predicted molar refractivity (Wildman–Crippen MR) is 123 cm³/mol. The highest BCUT2D eigenvalue weighted by Gasteiger charge is 2.47. The van der Waals surface area contributed by atoms with Crippen LogP contribution in [0.2, 0.25) is 0 Å². The number of nitrogens with one attached hydrogen (secondary N) is 1. The quantitative estimate of drug-likeness (QED) is 0.781. The Hall–Kier alpha value is -2.63. The summed E-state index contributed by atoms with van der Waals surface area (Å²) in [7, 11) is 3.55. The number of nitrogens with zero attached hydrogens (tertiary/aromatic N) is 3. The second-order valence-electron chi connectivity index (χ2n) is 9.38. The van der Waals surface area contributed by atoms with Crippen LogP contribution in [0.25, 0.3) is 0 Å². The van der Waals surface area contributed by atoms with Gasteiger partial charge in [0, 0.05) is 37.3 Å². The van der Waals surface area contributed by atoms with Gasteiger partial charge >= 0.3 is 0 Å². The first-order valence-electron chi connectivity index (χ1n) is 11.4. The van der Waals surface area contributed by atoms with E-state index in [0.29, 0.717) is 6.54 Å². The van der Waals surface area contributed by atoms with E-state index in [0.717, 1.165) is 73.7 Å². The number of hydrogen-bond donors (Lipinski definition) is 1. The minimum Gasteiger partial charge on any atom is -0.497 e. The molecule has 2 aromatic rings. The second kappa shape index (κ2) is 8.48. The highest BCUT2D eigenvalue weighted by atomic mass is 16.5. The van der Waals surface area contributed by atoms with Gasteiger partial charge in [0.2, 0.25) is 5.91 Å². The first-order valence-corrected chi connectivity index (χ1v) is 11.4. The number of benzene rings is 1. The summed E-state index contributed by atoms with van der Waals surface area (Å²) >= 11 is 0. The fourth-order valence-electron chi connectivity index (χ4n) is 5.38. The van der Waals surface area contributed by atoms with E-state index in [4.69, 9.17) is 14.7 Å². The van der Waals surface area contributed by atoms with Crippen molar-refractivity contribution < 1.29 is 9.53 Å². The van der Waals surface area contributed by atoms with E-state index in [-0.39, 0.29) is 11.3 Å². The van der Waals surface area contributed by atoms with Gasteiger partial charge in [-0.3, -0.25) is 4.79 Å². The van der Waals surface area contributed by atoms with Gasteiger partial charge in [-0.1, -0.05) is 31.9 Å². The first kappa shape index (κ1) is 21.6. The maximum Gasteiger partial charge on any atom is 0.233 e. The third-order valence-corrected chi connectivity index (χ3v) is 7.14. The third-order valence-electron chi connectivity index (χ3n) is 7.14. The highest BCUT2D eigenvalue weighted by molar-refractivity contribution is 5.89. The zero-order valence-electron chi connectivity index (χ0n) is 19.2. The van der Waals surface area contributed by atoms with Gasteiger partial charge in [0.25, 0.3) is 0 Å². The van der Waals surface area contributed by atoms with Crippen LogP contribution in [0.4, 0.5) is 5.82 Å². The Morgan fingerprint density at radius 3 is 2.45 bits per heavy atom. The SMILES string of the molecule is CNc1cc(C)nc([C@@]2(C)CCCN(C(=O)C3(c4ccc(OC)cc4)CCCC3)C2)n1. The van der Waals surface area contributed by atoms with Crippen molar-refractivity contribution in [1.29, 1.82) is 0 Å². The van der Waals surface area contributed by atoms with Crippen LogP contribution in [0.5, 0.6) is 5.75 Å². The molecule has 1 amide bonds. The van der Waals surface area contributed by atoms with Crippen molar-refractivity contribution in [3.63, 3.8) is 0 Å². The van der Waals surface area contributed by atoms with Gasteiger partial charge in [-0.25, -0.2) is 9.97 Å². The van der Waals surface area contributed by atoms with E-state index in [1.165, 1.54) is 0 Å². The molecule has 0 spiro atoms. The van der Waals surface area contributed by atoms with Gasteiger partial charge in [-0.05, 0) is 50.3 Å². The summed E-state index contributed by atoms with van der Waals surface area (Å²) in [6, 6.07) is 10.1. The molecule has 4 rings (SSSR count). The van der Waals surface area contributed by atoms with Crippen LogP contribution >= 0.6 is 0 Å². The van der Waals surface area contributed by atoms with Crippen molar-refractivity contribution in [2.45, 2.75) is 63.2 Å². The lowest BCUT2D eigenvalue weighted by molar-refractivity contribution is -0.139. The van der Waals surface area contributed by atoms with Crippen LogP contribution in [-0.4, -0.2) is 48.0 Å². The summed E-state index contributed by atoms with van der Waals surface area (Å²) in [6.45, 7) is 5.67. The second-order valence-corrected chi connectivity index (χ2v) is 9.38. The molecule has 6 heteroatoms. The zero-order chi connectivity index (χ0) is 22.1. The normalized spacial score (nSPS) is 22.9. The lowest BCUT2D eigenvalue weighted by atomic mass is 9.75. The van der Waals surface area contributed by atoms with E-state index in [2.05, 4.69) is 29.3 Å². The molecule has 6 nitrogen and oxygen atoms in total. The van der Waals surface area contributed by atoms with Crippen LogP contribution < -0.4 is 10.1 Å². The molecule has 0 radical (unpaired) electrons. The number of ether oxygens (including phenoxy) is 1. The van der Waals surface area contributed by atoms with E-state index in [1.54, 1.807) is 7.11 Å². The van der Waals surface area contributed by atoms with E-state index in [1.807, 2.05) is 32.2 Å². The molecule has 2 heterocycles. The number of methoxy groups -OCH3 is 1. The van der Waals surface area contributed by atoms with E-state index >= 15 is 0 Å². The van der Waals surface area contributed by atoms with Crippen molar-refractivity contribution in [1.82, 2.24) is 14.9 Å². The standard InChI is InChI=1S/C25H34N4O2/c1-18-16-21(26-3)28-22(27-18)24(2)12-7-15-29(17-24)23(30)25(13-5-6-14-25)19-8-10-20(31-4)11-9-19/h8-11,16H,5-7,12-15,17H2,1-4H3,(H,26,27,28)/t24-/m0/s1. The molecule has 166 valence electrons. The van der Waals surface area contributed by atoms with Crippen molar-refractivity contribution in [2.24, 2.45) is 0 Å². The van der Waals surface area contributed by atoms with Crippen molar-refractivity contribution in [3.8, 4) is 5.75 Å². The number of anilines is 1.